The molecule has 4 aliphatic heterocycles. The number of nitrogens with one attached hydrogen (secondary N) is 4. The van der Waals surface area contributed by atoms with Gasteiger partial charge in [-0.05, 0) is 97.2 Å². The number of hydrogen-bond acceptors (Lipinski definition) is 16. The van der Waals surface area contributed by atoms with E-state index in [1.54, 1.807) is 55.6 Å². The van der Waals surface area contributed by atoms with E-state index in [1.807, 2.05) is 41.5 Å². The number of carbonyl (C=O) groups is 10. The van der Waals surface area contributed by atoms with E-state index in [0.29, 0.717) is 97.2 Å². The summed E-state index contributed by atoms with van der Waals surface area (Å²) in [6, 6.07) is 3.97. The summed E-state index contributed by atoms with van der Waals surface area (Å²) in [7, 11) is 2.55. The highest BCUT2D eigenvalue weighted by Gasteiger charge is 2.42. The Morgan fingerprint density at radius 2 is 0.671 bits per heavy atom. The minimum atomic E-state index is -0.715. The van der Waals surface area contributed by atoms with Crippen LogP contribution in [0.1, 0.15) is 132 Å². The number of thiophene rings is 4. The average Bonchev–Trinajstić information content (AvgIpc) is 4.23. The van der Waals surface area contributed by atoms with Crippen LogP contribution in [0.4, 0.5) is 22.7 Å². The largest absolute Gasteiger partial charge is 0.465 e. The Bertz CT molecular complexity index is 2680. The molecule has 4 N–H and O–H groups in total. The zero-order valence-corrected chi connectivity index (χ0v) is 47.0. The number of anilines is 4. The molecule has 4 aromatic heterocycles. The molecular weight excluding hydrogens is 1060 g/mol. The van der Waals surface area contributed by atoms with Crippen LogP contribution in [0.25, 0.3) is 0 Å². The van der Waals surface area contributed by atoms with Gasteiger partial charge in [0.05, 0.1) is 37.0 Å². The first kappa shape index (κ1) is 57.2. The molecule has 0 bridgehead atoms. The van der Waals surface area contributed by atoms with Crippen LogP contribution in [0.15, 0.2) is 45.8 Å². The van der Waals surface area contributed by atoms with E-state index in [1.165, 1.54) is 46.7 Å². The van der Waals surface area contributed by atoms with E-state index in [4.69, 9.17) is 9.47 Å². The van der Waals surface area contributed by atoms with Crippen LogP contribution in [0, 0.1) is 10.8 Å². The van der Waals surface area contributed by atoms with Crippen LogP contribution in [-0.4, -0.2) is 143 Å². The lowest BCUT2D eigenvalue weighted by Crippen LogP contribution is -2.47. The van der Waals surface area contributed by atoms with Crippen molar-refractivity contribution >= 4 is 127 Å². The smallest absolute Gasteiger partial charge is 0.350 e. The lowest BCUT2D eigenvalue weighted by Gasteiger charge is -2.30. The normalized spacial score (nSPS) is 19.4. The molecule has 4 aromatic rings. The first-order valence-corrected chi connectivity index (χ1v) is 28.5. The molecule has 4 fully saturated rings. The van der Waals surface area contributed by atoms with Crippen LogP contribution < -0.4 is 21.3 Å². The third-order valence-electron chi connectivity index (χ3n) is 13.4. The van der Waals surface area contributed by atoms with E-state index in [-0.39, 0.29) is 57.0 Å². The molecule has 0 radical (unpaired) electrons. The second-order valence-electron chi connectivity index (χ2n) is 20.7. The second kappa shape index (κ2) is 24.2. The summed E-state index contributed by atoms with van der Waals surface area (Å²) < 4.78 is 9.54. The van der Waals surface area contributed by atoms with Gasteiger partial charge in [-0.25, -0.2) is 9.59 Å². The first-order chi connectivity index (χ1) is 36.0. The number of amides is 8. The Hall–Kier alpha value is -6.50. The highest BCUT2D eigenvalue weighted by atomic mass is 32.1. The zero-order valence-electron chi connectivity index (χ0n) is 43.7. The fraction of sp³-hybridized carbons (Fsp3) is 0.500. The van der Waals surface area contributed by atoms with E-state index in [9.17, 15) is 47.9 Å². The third-order valence-corrected chi connectivity index (χ3v) is 17.0. The van der Waals surface area contributed by atoms with Gasteiger partial charge in [0.2, 0.25) is 35.4 Å². The molecule has 0 aromatic carbocycles. The Morgan fingerprint density at radius 3 is 0.947 bits per heavy atom. The maximum atomic E-state index is 13.5. The molecule has 0 saturated carbocycles. The number of likely N-dealkylation sites (tertiary alicyclic amines) is 4. The third kappa shape index (κ3) is 12.7. The van der Waals surface area contributed by atoms with Crippen molar-refractivity contribution in [3.05, 3.63) is 65.3 Å². The van der Waals surface area contributed by atoms with Crippen molar-refractivity contribution in [2.75, 3.05) is 61.7 Å². The summed E-state index contributed by atoms with van der Waals surface area (Å²) >= 11 is 4.70. The molecule has 0 aliphatic carbocycles. The van der Waals surface area contributed by atoms with Crippen LogP contribution >= 0.6 is 45.3 Å². The molecule has 8 amide bonds. The van der Waals surface area contributed by atoms with Crippen molar-refractivity contribution in [2.24, 2.45) is 10.8 Å². The first-order valence-electron chi connectivity index (χ1n) is 25.0. The number of rotatable bonds is 12. The van der Waals surface area contributed by atoms with Gasteiger partial charge in [-0.1, -0.05) is 41.5 Å². The summed E-state index contributed by atoms with van der Waals surface area (Å²) in [6.07, 6.45) is 4.86. The summed E-state index contributed by atoms with van der Waals surface area (Å²) in [4.78, 5) is 137. The van der Waals surface area contributed by atoms with Crippen molar-refractivity contribution in [2.45, 2.75) is 117 Å². The summed E-state index contributed by atoms with van der Waals surface area (Å²) in [5.41, 5.74) is 0.243. The lowest BCUT2D eigenvalue weighted by atomic mass is 9.94. The lowest BCUT2D eigenvalue weighted by molar-refractivity contribution is -0.143. The van der Waals surface area contributed by atoms with Gasteiger partial charge in [0.1, 0.15) is 43.7 Å². The quantitative estimate of drug-likeness (QED) is 0.100. The summed E-state index contributed by atoms with van der Waals surface area (Å²) in [5.74, 6) is -3.36. The minimum absolute atomic E-state index is 0.0799. The molecule has 0 unspecified atom stereocenters. The van der Waals surface area contributed by atoms with Crippen molar-refractivity contribution in [3.8, 4) is 0 Å². The van der Waals surface area contributed by atoms with Gasteiger partial charge in [-0.2, -0.15) is 0 Å². The highest BCUT2D eigenvalue weighted by molar-refractivity contribution is 7.13. The number of methoxy groups -OCH3 is 2. The molecule has 8 heterocycles. The molecule has 76 heavy (non-hydrogen) atoms. The second-order valence-corrected chi connectivity index (χ2v) is 24.4. The maximum Gasteiger partial charge on any atom is 0.350 e. The number of esters is 2. The predicted molar refractivity (Wildman–Crippen MR) is 291 cm³/mol. The molecule has 4 atom stereocenters. The van der Waals surface area contributed by atoms with Crippen molar-refractivity contribution < 1.29 is 57.4 Å². The molecular formula is C52H64N8O12S4. The van der Waals surface area contributed by atoms with Gasteiger partial charge in [0, 0.05) is 37.0 Å². The highest BCUT2D eigenvalue weighted by Crippen LogP contribution is 2.34. The van der Waals surface area contributed by atoms with Crippen LogP contribution in [0.2, 0.25) is 0 Å². The molecule has 4 aliphatic rings. The number of nitrogens with zero attached hydrogens (tertiary/aromatic N) is 4. The van der Waals surface area contributed by atoms with Gasteiger partial charge >= 0.3 is 11.9 Å². The van der Waals surface area contributed by atoms with Gasteiger partial charge in [0.25, 0.3) is 11.8 Å². The topological polar surface area (TPSA) is 250 Å². The molecule has 8 rings (SSSR count). The standard InChI is InChI=1S/2C26H32N4O6S2/c2*1-26(2,3)25(35)30-12-6-8-18(30)22(32)27-15-9-13-37-19(15)23(33)29-11-5-7-17(29)21(31)28-16-10-14-38-20(16)24(34)36-4/h2*9-10,13-14,17-18H,5-8,11-12H2,1-4H3,(H,27,32)(H,28,31)/t2*17-,18-/m00/s1. The monoisotopic (exact) mass is 1120 g/mol. The molecule has 0 spiro atoms. The molecule has 24 heteroatoms. The molecule has 408 valence electrons. The Kier molecular flexibility index (Phi) is 18.2. The van der Waals surface area contributed by atoms with Gasteiger partial charge in [-0.3, -0.25) is 38.4 Å². The minimum Gasteiger partial charge on any atom is -0.465 e. The number of hydrogen-bond donors (Lipinski definition) is 4. The van der Waals surface area contributed by atoms with E-state index < -0.39 is 46.9 Å². The van der Waals surface area contributed by atoms with Crippen LogP contribution in [0.3, 0.4) is 0 Å². The SMILES string of the molecule is COC(=O)c1sccc1NC(=O)[C@@H]1CCCN1C(=O)c1sccc1NC(=O)[C@@H]1CCCN1C(=O)C(C)(C)C.COC(=O)c1sccc1NC(=O)[C@@H]1CCCN1C(=O)c1sccc1NC(=O)[C@@H]1CCCN1C(=O)C(C)(C)C. The Labute approximate surface area is 456 Å². The maximum absolute atomic E-state index is 13.5. The van der Waals surface area contributed by atoms with E-state index >= 15 is 0 Å². The van der Waals surface area contributed by atoms with E-state index in [0.717, 1.165) is 35.5 Å². The van der Waals surface area contributed by atoms with E-state index in [2.05, 4.69) is 21.3 Å². The Balaban J connectivity index is 0.000000221. The molecule has 20 nitrogen and oxygen atoms in total. The summed E-state index contributed by atoms with van der Waals surface area (Å²) in [6.45, 7) is 12.8. The summed E-state index contributed by atoms with van der Waals surface area (Å²) in [5, 5.41) is 18.0. The average molecular weight is 1120 g/mol. The fourth-order valence-corrected chi connectivity index (χ4v) is 12.7. The number of carbonyl (C=O) groups excluding carboxylic acids is 10. The van der Waals surface area contributed by atoms with Crippen LogP contribution in [-0.2, 0) is 38.2 Å². The predicted octanol–water partition coefficient (Wildman–Crippen LogP) is 7.63. The van der Waals surface area contributed by atoms with Gasteiger partial charge in [0.15, 0.2) is 0 Å². The zero-order chi connectivity index (χ0) is 55.2. The van der Waals surface area contributed by atoms with Gasteiger partial charge < -0.3 is 50.3 Å². The van der Waals surface area contributed by atoms with Gasteiger partial charge in [-0.15, -0.1) is 45.3 Å². The molecule has 4 saturated heterocycles. The van der Waals surface area contributed by atoms with Crippen molar-refractivity contribution in [3.63, 3.8) is 0 Å². The van der Waals surface area contributed by atoms with Crippen LogP contribution in [0.5, 0.6) is 0 Å². The number of ether oxygens (including phenoxy) is 2. The van der Waals surface area contributed by atoms with Crippen molar-refractivity contribution in [1.29, 1.82) is 0 Å². The Morgan fingerprint density at radius 1 is 0.421 bits per heavy atom. The fourth-order valence-electron chi connectivity index (χ4n) is 9.58. The van der Waals surface area contributed by atoms with Crippen molar-refractivity contribution in [1.82, 2.24) is 19.6 Å².